The monoisotopic (exact) mass is 258 g/mol. The quantitative estimate of drug-likeness (QED) is 0.796. The predicted molar refractivity (Wildman–Crippen MR) is 78.3 cm³/mol. The molecule has 1 aromatic rings. The molecule has 0 aromatic heterocycles. The SMILES string of the molecule is CCCc1ccc(C(=O)NCC2=CCNCC2)cc1. The lowest BCUT2D eigenvalue weighted by Crippen LogP contribution is -2.29. The summed E-state index contributed by atoms with van der Waals surface area (Å²) in [5.74, 6) is 0.0162. The summed E-state index contributed by atoms with van der Waals surface area (Å²) in [5, 5.41) is 6.25. The highest BCUT2D eigenvalue weighted by Gasteiger charge is 2.07. The van der Waals surface area contributed by atoms with Crippen molar-refractivity contribution in [1.82, 2.24) is 10.6 Å². The van der Waals surface area contributed by atoms with E-state index < -0.39 is 0 Å². The molecule has 0 unspecified atom stereocenters. The predicted octanol–water partition coefficient (Wildman–Crippen LogP) is 2.29. The van der Waals surface area contributed by atoms with Gasteiger partial charge in [-0.15, -0.1) is 0 Å². The summed E-state index contributed by atoms with van der Waals surface area (Å²) in [6.45, 7) is 4.74. The molecule has 0 fully saturated rings. The molecular weight excluding hydrogens is 236 g/mol. The Hall–Kier alpha value is -1.61. The summed E-state index contributed by atoms with van der Waals surface area (Å²) >= 11 is 0. The van der Waals surface area contributed by atoms with Crippen molar-refractivity contribution in [2.75, 3.05) is 19.6 Å². The molecule has 3 nitrogen and oxygen atoms in total. The molecule has 1 aromatic carbocycles. The van der Waals surface area contributed by atoms with E-state index in [2.05, 4.69) is 23.6 Å². The lowest BCUT2D eigenvalue weighted by molar-refractivity contribution is 0.0956. The third-order valence-corrected chi connectivity index (χ3v) is 3.39. The Bertz CT molecular complexity index is 448. The summed E-state index contributed by atoms with van der Waals surface area (Å²) in [6, 6.07) is 7.92. The normalized spacial score (nSPS) is 14.9. The molecule has 1 aliphatic heterocycles. The van der Waals surface area contributed by atoms with Crippen molar-refractivity contribution in [3.8, 4) is 0 Å². The van der Waals surface area contributed by atoms with Crippen LogP contribution in [0.15, 0.2) is 35.9 Å². The summed E-state index contributed by atoms with van der Waals surface area (Å²) < 4.78 is 0. The number of rotatable bonds is 5. The minimum absolute atomic E-state index is 0.0162. The Morgan fingerprint density at radius 2 is 2.11 bits per heavy atom. The van der Waals surface area contributed by atoms with Crippen LogP contribution in [-0.4, -0.2) is 25.5 Å². The third kappa shape index (κ3) is 4.21. The van der Waals surface area contributed by atoms with Crippen LogP contribution in [0.25, 0.3) is 0 Å². The van der Waals surface area contributed by atoms with E-state index in [0.717, 1.165) is 37.9 Å². The fraction of sp³-hybridized carbons (Fsp3) is 0.438. The number of carbonyl (C=O) groups is 1. The Labute approximate surface area is 115 Å². The average Bonchev–Trinajstić information content (AvgIpc) is 2.47. The van der Waals surface area contributed by atoms with Crippen LogP contribution in [-0.2, 0) is 6.42 Å². The highest BCUT2D eigenvalue weighted by Crippen LogP contribution is 2.07. The van der Waals surface area contributed by atoms with Gasteiger partial charge in [0.1, 0.15) is 0 Å². The van der Waals surface area contributed by atoms with Gasteiger partial charge < -0.3 is 10.6 Å². The van der Waals surface area contributed by atoms with Gasteiger partial charge in [0.15, 0.2) is 0 Å². The van der Waals surface area contributed by atoms with Crippen LogP contribution in [0.3, 0.4) is 0 Å². The molecule has 1 aliphatic rings. The molecule has 0 bridgehead atoms. The summed E-state index contributed by atoms with van der Waals surface area (Å²) in [4.78, 5) is 12.0. The second-order valence-electron chi connectivity index (χ2n) is 4.95. The zero-order valence-electron chi connectivity index (χ0n) is 11.5. The van der Waals surface area contributed by atoms with E-state index in [1.807, 2.05) is 24.3 Å². The fourth-order valence-electron chi connectivity index (χ4n) is 2.24. The smallest absolute Gasteiger partial charge is 0.251 e. The van der Waals surface area contributed by atoms with Gasteiger partial charge >= 0.3 is 0 Å². The Morgan fingerprint density at radius 3 is 2.74 bits per heavy atom. The van der Waals surface area contributed by atoms with Crippen molar-refractivity contribution < 1.29 is 4.79 Å². The molecule has 19 heavy (non-hydrogen) atoms. The largest absolute Gasteiger partial charge is 0.348 e. The van der Waals surface area contributed by atoms with Gasteiger partial charge in [-0.1, -0.05) is 37.1 Å². The topological polar surface area (TPSA) is 41.1 Å². The third-order valence-electron chi connectivity index (χ3n) is 3.39. The first-order valence-corrected chi connectivity index (χ1v) is 7.05. The van der Waals surface area contributed by atoms with Gasteiger partial charge in [-0.25, -0.2) is 0 Å². The minimum atomic E-state index is 0.0162. The van der Waals surface area contributed by atoms with E-state index in [0.29, 0.717) is 6.54 Å². The van der Waals surface area contributed by atoms with Crippen molar-refractivity contribution in [3.63, 3.8) is 0 Å². The van der Waals surface area contributed by atoms with E-state index in [1.54, 1.807) is 0 Å². The van der Waals surface area contributed by atoms with Gasteiger partial charge in [0, 0.05) is 18.7 Å². The Balaban J connectivity index is 1.86. The van der Waals surface area contributed by atoms with Gasteiger partial charge in [0.05, 0.1) is 0 Å². The molecule has 1 amide bonds. The number of amides is 1. The number of benzene rings is 1. The number of hydrogen-bond donors (Lipinski definition) is 2. The van der Waals surface area contributed by atoms with Gasteiger partial charge in [-0.2, -0.15) is 0 Å². The lowest BCUT2D eigenvalue weighted by atomic mass is 10.1. The summed E-state index contributed by atoms with van der Waals surface area (Å²) in [7, 11) is 0. The molecule has 0 atom stereocenters. The first-order chi connectivity index (χ1) is 9.29. The van der Waals surface area contributed by atoms with E-state index in [-0.39, 0.29) is 5.91 Å². The standard InChI is InChI=1S/C16H22N2O/c1-2-3-13-4-6-15(7-5-13)16(19)18-12-14-8-10-17-11-9-14/h4-8,17H,2-3,9-12H2,1H3,(H,18,19). The van der Waals surface area contributed by atoms with E-state index in [4.69, 9.17) is 0 Å². The number of hydrogen-bond acceptors (Lipinski definition) is 2. The van der Waals surface area contributed by atoms with Crippen molar-refractivity contribution in [1.29, 1.82) is 0 Å². The zero-order chi connectivity index (χ0) is 13.5. The van der Waals surface area contributed by atoms with Crippen molar-refractivity contribution >= 4 is 5.91 Å². The Kier molecular flexibility index (Phi) is 5.16. The first kappa shape index (κ1) is 13.8. The molecule has 0 radical (unpaired) electrons. The number of aryl methyl sites for hydroxylation is 1. The second-order valence-corrected chi connectivity index (χ2v) is 4.95. The van der Waals surface area contributed by atoms with Crippen LogP contribution < -0.4 is 10.6 Å². The fourth-order valence-corrected chi connectivity index (χ4v) is 2.24. The van der Waals surface area contributed by atoms with Gasteiger partial charge in [0.25, 0.3) is 5.91 Å². The Morgan fingerprint density at radius 1 is 1.32 bits per heavy atom. The highest BCUT2D eigenvalue weighted by atomic mass is 16.1. The molecule has 0 spiro atoms. The van der Waals surface area contributed by atoms with Crippen LogP contribution in [0, 0.1) is 0 Å². The highest BCUT2D eigenvalue weighted by molar-refractivity contribution is 5.94. The van der Waals surface area contributed by atoms with Crippen LogP contribution in [0.1, 0.15) is 35.7 Å². The molecule has 2 N–H and O–H groups in total. The van der Waals surface area contributed by atoms with Crippen molar-refractivity contribution in [2.24, 2.45) is 0 Å². The van der Waals surface area contributed by atoms with E-state index >= 15 is 0 Å². The maximum atomic E-state index is 12.0. The maximum absolute atomic E-state index is 12.0. The van der Waals surface area contributed by atoms with Crippen molar-refractivity contribution in [2.45, 2.75) is 26.2 Å². The molecule has 0 saturated carbocycles. The van der Waals surface area contributed by atoms with Gasteiger partial charge in [-0.05, 0) is 37.1 Å². The molecule has 1 heterocycles. The molecular formula is C16H22N2O. The molecule has 3 heteroatoms. The van der Waals surface area contributed by atoms with Crippen LogP contribution in [0.4, 0.5) is 0 Å². The molecule has 102 valence electrons. The summed E-state index contributed by atoms with van der Waals surface area (Å²) in [6.07, 6.45) is 5.39. The number of nitrogens with one attached hydrogen (secondary N) is 2. The second kappa shape index (κ2) is 7.10. The molecule has 2 rings (SSSR count). The zero-order valence-corrected chi connectivity index (χ0v) is 11.5. The average molecular weight is 258 g/mol. The van der Waals surface area contributed by atoms with Crippen molar-refractivity contribution in [3.05, 3.63) is 47.0 Å². The summed E-state index contributed by atoms with van der Waals surface area (Å²) in [5.41, 5.74) is 3.35. The number of carbonyl (C=O) groups excluding carboxylic acids is 1. The molecule has 0 aliphatic carbocycles. The molecule has 0 saturated heterocycles. The van der Waals surface area contributed by atoms with Gasteiger partial charge in [-0.3, -0.25) is 4.79 Å². The minimum Gasteiger partial charge on any atom is -0.348 e. The van der Waals surface area contributed by atoms with Gasteiger partial charge in [0.2, 0.25) is 0 Å². The van der Waals surface area contributed by atoms with Crippen LogP contribution in [0.2, 0.25) is 0 Å². The lowest BCUT2D eigenvalue weighted by Gasteiger charge is -2.14. The van der Waals surface area contributed by atoms with E-state index in [9.17, 15) is 4.79 Å². The maximum Gasteiger partial charge on any atom is 0.251 e. The van der Waals surface area contributed by atoms with Crippen LogP contribution >= 0.6 is 0 Å². The van der Waals surface area contributed by atoms with Crippen LogP contribution in [0.5, 0.6) is 0 Å². The van der Waals surface area contributed by atoms with E-state index in [1.165, 1.54) is 11.1 Å². The first-order valence-electron chi connectivity index (χ1n) is 7.05.